The summed E-state index contributed by atoms with van der Waals surface area (Å²) in [4.78, 5) is 11.7. The monoisotopic (exact) mass is 171 g/mol. The minimum atomic E-state index is 0.350. The Bertz CT molecular complexity index is 139. The Morgan fingerprint density at radius 2 is 2.00 bits per heavy atom. The average molecular weight is 171 g/mol. The van der Waals surface area contributed by atoms with Crippen molar-refractivity contribution in [2.75, 3.05) is 20.1 Å². The molecule has 0 amide bonds. The third-order valence-corrected chi connectivity index (χ3v) is 1.58. The van der Waals surface area contributed by atoms with Crippen molar-refractivity contribution in [2.24, 2.45) is 0 Å². The molecule has 0 bridgehead atoms. The number of nitrogens with zero attached hydrogens (tertiary/aromatic N) is 1. The highest BCUT2D eigenvalue weighted by atomic mass is 16.5. The molecule has 12 heavy (non-hydrogen) atoms. The number of carbonyl (C=O) groups is 1. The van der Waals surface area contributed by atoms with E-state index < -0.39 is 0 Å². The highest BCUT2D eigenvalue weighted by Crippen LogP contribution is 2.02. The number of carbonyl (C=O) groups excluding carboxylic acids is 1. The average Bonchev–Trinajstić information content (AvgIpc) is 2.40. The second-order valence-corrected chi connectivity index (χ2v) is 2.93. The first kappa shape index (κ1) is 11.2. The highest BCUT2D eigenvalue weighted by molar-refractivity contribution is 5.39. The van der Waals surface area contributed by atoms with Gasteiger partial charge in [0.2, 0.25) is 0 Å². The lowest BCUT2D eigenvalue weighted by atomic mass is 10.4. The first-order chi connectivity index (χ1) is 5.66. The molecule has 70 valence electrons. The highest BCUT2D eigenvalue weighted by Gasteiger charge is 2.03. The van der Waals surface area contributed by atoms with E-state index in [1.54, 1.807) is 6.92 Å². The minimum Gasteiger partial charge on any atom is -0.434 e. The van der Waals surface area contributed by atoms with Gasteiger partial charge in [-0.3, -0.25) is 4.79 Å². The van der Waals surface area contributed by atoms with Crippen LogP contribution in [0.5, 0.6) is 0 Å². The molecule has 0 N–H and O–H groups in total. The first-order valence-electron chi connectivity index (χ1n) is 4.11. The van der Waals surface area contributed by atoms with Crippen LogP contribution in [0.15, 0.2) is 12.3 Å². The maximum absolute atomic E-state index is 9.33. The molecular formula is C9H17NO2. The molecule has 0 atom stereocenters. The molecule has 1 aliphatic rings. The summed E-state index contributed by atoms with van der Waals surface area (Å²) < 4.78 is 4.17. The van der Waals surface area contributed by atoms with Gasteiger partial charge in [-0.15, -0.1) is 0 Å². The summed E-state index contributed by atoms with van der Waals surface area (Å²) in [5.74, 6) is 0.421. The lowest BCUT2D eigenvalue weighted by Gasteiger charge is -2.01. The van der Waals surface area contributed by atoms with Gasteiger partial charge in [-0.1, -0.05) is 6.58 Å². The molecule has 0 aliphatic carbocycles. The van der Waals surface area contributed by atoms with E-state index in [0.29, 0.717) is 12.2 Å². The zero-order chi connectivity index (χ0) is 9.40. The molecule has 1 saturated heterocycles. The quantitative estimate of drug-likeness (QED) is 0.464. The summed E-state index contributed by atoms with van der Waals surface area (Å²) in [6.45, 7) is 7.89. The van der Waals surface area contributed by atoms with Crippen molar-refractivity contribution in [1.82, 2.24) is 4.90 Å². The van der Waals surface area contributed by atoms with Crippen LogP contribution in [0.2, 0.25) is 0 Å². The molecule has 3 heteroatoms. The van der Waals surface area contributed by atoms with Gasteiger partial charge in [-0.2, -0.15) is 0 Å². The Hall–Kier alpha value is -0.830. The SMILES string of the molecule is C=C(C)OC=O.CN1CCCC1. The Morgan fingerprint density at radius 1 is 1.50 bits per heavy atom. The van der Waals surface area contributed by atoms with E-state index in [1.807, 2.05) is 0 Å². The summed E-state index contributed by atoms with van der Waals surface area (Å²) in [7, 11) is 2.17. The zero-order valence-corrected chi connectivity index (χ0v) is 7.88. The second-order valence-electron chi connectivity index (χ2n) is 2.93. The molecule has 0 spiro atoms. The molecule has 1 rings (SSSR count). The summed E-state index contributed by atoms with van der Waals surface area (Å²) in [5, 5.41) is 0. The van der Waals surface area contributed by atoms with Crippen molar-refractivity contribution in [1.29, 1.82) is 0 Å². The van der Waals surface area contributed by atoms with E-state index in [0.717, 1.165) is 0 Å². The second kappa shape index (κ2) is 6.85. The lowest BCUT2D eigenvalue weighted by Crippen LogP contribution is -2.10. The van der Waals surface area contributed by atoms with Crippen LogP contribution < -0.4 is 0 Å². The normalized spacial score (nSPS) is 16.2. The van der Waals surface area contributed by atoms with E-state index in [1.165, 1.54) is 25.9 Å². The van der Waals surface area contributed by atoms with Crippen LogP contribution in [0.25, 0.3) is 0 Å². The fourth-order valence-electron chi connectivity index (χ4n) is 0.957. The fraction of sp³-hybridized carbons (Fsp3) is 0.667. The maximum atomic E-state index is 9.33. The number of likely N-dealkylation sites (tertiary alicyclic amines) is 1. The van der Waals surface area contributed by atoms with Gasteiger partial charge < -0.3 is 9.64 Å². The smallest absolute Gasteiger partial charge is 0.298 e. The number of hydrogen-bond donors (Lipinski definition) is 0. The van der Waals surface area contributed by atoms with Crippen molar-refractivity contribution >= 4 is 6.47 Å². The topological polar surface area (TPSA) is 29.5 Å². The third kappa shape index (κ3) is 7.28. The van der Waals surface area contributed by atoms with Gasteiger partial charge >= 0.3 is 0 Å². The van der Waals surface area contributed by atoms with Crippen LogP contribution in [0, 0.1) is 0 Å². The Kier molecular flexibility index (Phi) is 6.38. The van der Waals surface area contributed by atoms with E-state index in [-0.39, 0.29) is 0 Å². The molecule has 0 unspecified atom stereocenters. The fourth-order valence-corrected chi connectivity index (χ4v) is 0.957. The van der Waals surface area contributed by atoms with E-state index in [9.17, 15) is 4.79 Å². The van der Waals surface area contributed by atoms with Crippen molar-refractivity contribution < 1.29 is 9.53 Å². The van der Waals surface area contributed by atoms with Crippen molar-refractivity contribution in [3.63, 3.8) is 0 Å². The van der Waals surface area contributed by atoms with Crippen LogP contribution in [0.3, 0.4) is 0 Å². The molecule has 0 aromatic rings. The molecule has 0 aromatic heterocycles. The first-order valence-corrected chi connectivity index (χ1v) is 4.11. The van der Waals surface area contributed by atoms with Gasteiger partial charge in [0, 0.05) is 0 Å². The summed E-state index contributed by atoms with van der Waals surface area (Å²) in [6, 6.07) is 0. The molecule has 3 nitrogen and oxygen atoms in total. The lowest BCUT2D eigenvalue weighted by molar-refractivity contribution is -0.124. The van der Waals surface area contributed by atoms with E-state index in [4.69, 9.17) is 0 Å². The Morgan fingerprint density at radius 3 is 2.08 bits per heavy atom. The maximum Gasteiger partial charge on any atom is 0.298 e. The third-order valence-electron chi connectivity index (χ3n) is 1.58. The van der Waals surface area contributed by atoms with Crippen LogP contribution >= 0.6 is 0 Å². The number of rotatable bonds is 2. The summed E-state index contributed by atoms with van der Waals surface area (Å²) >= 11 is 0. The molecule has 1 fully saturated rings. The Balaban J connectivity index is 0.000000202. The predicted molar refractivity (Wildman–Crippen MR) is 48.7 cm³/mol. The van der Waals surface area contributed by atoms with Crippen LogP contribution in [0.1, 0.15) is 19.8 Å². The van der Waals surface area contributed by atoms with Gasteiger partial charge in [0.15, 0.2) is 0 Å². The zero-order valence-electron chi connectivity index (χ0n) is 7.88. The molecule has 1 heterocycles. The van der Waals surface area contributed by atoms with Gasteiger partial charge in [-0.25, -0.2) is 0 Å². The Labute approximate surface area is 74.0 Å². The summed E-state index contributed by atoms with van der Waals surface area (Å²) in [5.41, 5.74) is 0. The molecular weight excluding hydrogens is 154 g/mol. The van der Waals surface area contributed by atoms with Gasteiger partial charge in [0.1, 0.15) is 0 Å². The van der Waals surface area contributed by atoms with Gasteiger partial charge in [0.25, 0.3) is 6.47 Å². The van der Waals surface area contributed by atoms with E-state index in [2.05, 4.69) is 23.3 Å². The van der Waals surface area contributed by atoms with Crippen molar-refractivity contribution in [3.8, 4) is 0 Å². The van der Waals surface area contributed by atoms with Gasteiger partial charge in [-0.05, 0) is 39.9 Å². The molecule has 1 aliphatic heterocycles. The van der Waals surface area contributed by atoms with Crippen molar-refractivity contribution in [3.05, 3.63) is 12.3 Å². The van der Waals surface area contributed by atoms with Crippen LogP contribution in [-0.2, 0) is 9.53 Å². The number of ether oxygens (including phenoxy) is 1. The summed E-state index contributed by atoms with van der Waals surface area (Å²) in [6.07, 6.45) is 2.83. The van der Waals surface area contributed by atoms with Crippen molar-refractivity contribution in [2.45, 2.75) is 19.8 Å². The standard InChI is InChI=1S/C5H11N.C4H6O2/c1-6-4-2-3-5-6;1-4(2)6-3-5/h2-5H2,1H3;3H,1H2,2H3. The molecule has 0 radical (unpaired) electrons. The number of allylic oxidation sites excluding steroid dienone is 1. The molecule has 0 aromatic carbocycles. The van der Waals surface area contributed by atoms with Crippen LogP contribution in [0.4, 0.5) is 0 Å². The number of hydrogen-bond acceptors (Lipinski definition) is 3. The largest absolute Gasteiger partial charge is 0.434 e. The predicted octanol–water partition coefficient (Wildman–Crippen LogP) is 1.41. The molecule has 0 saturated carbocycles. The van der Waals surface area contributed by atoms with Crippen LogP contribution in [-0.4, -0.2) is 31.5 Å². The van der Waals surface area contributed by atoms with Gasteiger partial charge in [0.05, 0.1) is 5.76 Å². The van der Waals surface area contributed by atoms with E-state index >= 15 is 0 Å². The minimum absolute atomic E-state index is 0.350.